The molecule has 0 bridgehead atoms. The molecule has 4 nitrogen and oxygen atoms in total. The molecule has 2 aromatic carbocycles. The van der Waals surface area contributed by atoms with Gasteiger partial charge in [0.1, 0.15) is 12.1 Å². The van der Waals surface area contributed by atoms with Gasteiger partial charge in [-0.15, -0.1) is 0 Å². The van der Waals surface area contributed by atoms with E-state index in [0.717, 1.165) is 36.8 Å². The molecule has 5 heteroatoms. The predicted octanol–water partition coefficient (Wildman–Crippen LogP) is 3.90. The Morgan fingerprint density at radius 1 is 1.11 bits per heavy atom. The summed E-state index contributed by atoms with van der Waals surface area (Å²) in [5.41, 5.74) is 1.61. The highest BCUT2D eigenvalue weighted by Crippen LogP contribution is 2.54. The van der Waals surface area contributed by atoms with Crippen molar-refractivity contribution in [1.82, 2.24) is 4.31 Å². The van der Waals surface area contributed by atoms with E-state index in [9.17, 15) is 8.42 Å². The van der Waals surface area contributed by atoms with E-state index in [0.29, 0.717) is 18.1 Å². The van der Waals surface area contributed by atoms with Crippen molar-refractivity contribution in [2.75, 3.05) is 6.61 Å². The fraction of sp³-hybridized carbons (Fsp3) is 0.391. The van der Waals surface area contributed by atoms with E-state index >= 15 is 0 Å². The van der Waals surface area contributed by atoms with Gasteiger partial charge in [0.25, 0.3) is 0 Å². The molecule has 146 valence electrons. The zero-order chi connectivity index (χ0) is 19.6. The Kier molecular flexibility index (Phi) is 5.29. The first-order chi connectivity index (χ1) is 13.5. The van der Waals surface area contributed by atoms with Crippen LogP contribution in [0, 0.1) is 18.8 Å². The first-order valence-electron chi connectivity index (χ1n) is 9.77. The number of hydrogen-bond acceptors (Lipinski definition) is 3. The van der Waals surface area contributed by atoms with Gasteiger partial charge in [0.2, 0.25) is 10.0 Å². The minimum atomic E-state index is -3.52. The van der Waals surface area contributed by atoms with Crippen molar-refractivity contribution < 1.29 is 13.2 Å². The van der Waals surface area contributed by atoms with Crippen molar-refractivity contribution in [1.29, 1.82) is 0 Å². The van der Waals surface area contributed by atoms with Crippen LogP contribution in [0.5, 0.6) is 0 Å². The molecule has 2 aliphatic rings. The number of aryl methyl sites for hydroxylation is 1. The summed E-state index contributed by atoms with van der Waals surface area (Å²) < 4.78 is 33.6. The highest BCUT2D eigenvalue weighted by molar-refractivity contribution is 7.89. The van der Waals surface area contributed by atoms with E-state index in [2.05, 4.69) is 11.8 Å². The third kappa shape index (κ3) is 3.60. The number of rotatable bonds is 5. The summed E-state index contributed by atoms with van der Waals surface area (Å²) in [6.07, 6.45) is 3.74. The number of nitrogens with zero attached hydrogens (tertiary/aromatic N) is 1. The number of sulfonamides is 1. The smallest absolute Gasteiger partial charge is 0.244 e. The van der Waals surface area contributed by atoms with E-state index in [1.54, 1.807) is 16.4 Å². The van der Waals surface area contributed by atoms with Crippen molar-refractivity contribution >= 4 is 10.0 Å². The molecule has 4 rings (SSSR count). The first-order valence-corrected chi connectivity index (χ1v) is 11.2. The van der Waals surface area contributed by atoms with Crippen molar-refractivity contribution in [2.45, 2.75) is 55.7 Å². The Bertz CT molecular complexity index is 990. The van der Waals surface area contributed by atoms with Gasteiger partial charge in [-0.2, -0.15) is 4.31 Å². The molecular weight excluding hydrogens is 370 g/mol. The summed E-state index contributed by atoms with van der Waals surface area (Å²) in [5.74, 6) is 6.36. The van der Waals surface area contributed by atoms with Crippen LogP contribution in [0.3, 0.4) is 0 Å². The Hall–Kier alpha value is -2.13. The van der Waals surface area contributed by atoms with Crippen molar-refractivity contribution in [3.05, 3.63) is 65.7 Å². The lowest BCUT2D eigenvalue weighted by atomic mass is 9.89. The van der Waals surface area contributed by atoms with Gasteiger partial charge >= 0.3 is 0 Å². The Labute approximate surface area is 167 Å². The summed E-state index contributed by atoms with van der Waals surface area (Å²) in [7, 11) is -3.52. The minimum Gasteiger partial charge on any atom is -0.364 e. The van der Waals surface area contributed by atoms with Gasteiger partial charge in [0.05, 0.1) is 17.5 Å². The molecule has 2 aromatic rings. The topological polar surface area (TPSA) is 46.4 Å². The molecule has 1 unspecified atom stereocenters. The monoisotopic (exact) mass is 395 g/mol. The van der Waals surface area contributed by atoms with Crippen molar-refractivity contribution in [3.8, 4) is 11.8 Å². The SMILES string of the molecule is Cc1ccc(S(=O)(=O)N2[C@@H]3CCCC[C@@]32C#CCOCc2ccccc2)cc1. The lowest BCUT2D eigenvalue weighted by Crippen LogP contribution is -2.23. The fourth-order valence-corrected chi connectivity index (χ4v) is 6.08. The molecule has 0 spiro atoms. The van der Waals surface area contributed by atoms with Crippen LogP contribution < -0.4 is 0 Å². The largest absolute Gasteiger partial charge is 0.364 e. The average molecular weight is 396 g/mol. The maximum atomic E-state index is 13.2. The van der Waals surface area contributed by atoms with Crippen LogP contribution in [0.25, 0.3) is 0 Å². The van der Waals surface area contributed by atoms with Gasteiger partial charge in [-0.1, -0.05) is 72.7 Å². The second-order valence-corrected chi connectivity index (χ2v) is 9.39. The zero-order valence-corrected chi connectivity index (χ0v) is 16.9. The summed E-state index contributed by atoms with van der Waals surface area (Å²) >= 11 is 0. The summed E-state index contributed by atoms with van der Waals surface area (Å²) in [6.45, 7) is 2.77. The quantitative estimate of drug-likeness (QED) is 0.438. The highest BCUT2D eigenvalue weighted by atomic mass is 32.2. The van der Waals surface area contributed by atoms with Crippen molar-refractivity contribution in [2.24, 2.45) is 0 Å². The standard InChI is InChI=1S/C23H25NO3S/c1-19-11-13-21(14-12-19)28(25,26)24-22-10-5-6-15-23(22,24)16-7-17-27-18-20-8-3-2-4-9-20/h2-4,8-9,11-14,22H,5-6,10,15,17-18H2,1H3/t22-,23-,24?/m1/s1. The van der Waals surface area contributed by atoms with Gasteiger partial charge < -0.3 is 4.74 Å². The first kappa shape index (κ1) is 19.2. The van der Waals surface area contributed by atoms with E-state index in [1.807, 2.05) is 49.4 Å². The van der Waals surface area contributed by atoms with Crippen LogP contribution in [-0.2, 0) is 21.4 Å². The maximum Gasteiger partial charge on any atom is 0.244 e. The van der Waals surface area contributed by atoms with Crippen molar-refractivity contribution in [3.63, 3.8) is 0 Å². The maximum absolute atomic E-state index is 13.2. The molecule has 28 heavy (non-hydrogen) atoms. The van der Waals surface area contributed by atoms with E-state index in [-0.39, 0.29) is 6.04 Å². The number of hydrogen-bond donors (Lipinski definition) is 0. The number of benzene rings is 2. The molecule has 2 fully saturated rings. The molecule has 1 saturated heterocycles. The van der Waals surface area contributed by atoms with Gasteiger partial charge in [0.15, 0.2) is 0 Å². The molecule has 0 radical (unpaired) electrons. The van der Waals surface area contributed by atoms with Crippen LogP contribution in [0.1, 0.15) is 36.8 Å². The van der Waals surface area contributed by atoms with Gasteiger partial charge in [-0.3, -0.25) is 0 Å². The van der Waals surface area contributed by atoms with E-state index in [1.165, 1.54) is 0 Å². The molecular formula is C23H25NO3S. The third-order valence-electron chi connectivity index (χ3n) is 5.61. The molecule has 1 aliphatic heterocycles. The van der Waals surface area contributed by atoms with Crippen LogP contribution >= 0.6 is 0 Å². The lowest BCUT2D eigenvalue weighted by Gasteiger charge is -2.14. The molecule has 0 amide bonds. The number of fused-ring (bicyclic) bond motifs is 1. The second-order valence-electron chi connectivity index (χ2n) is 7.58. The second kappa shape index (κ2) is 7.71. The summed E-state index contributed by atoms with van der Waals surface area (Å²) in [4.78, 5) is 0.356. The van der Waals surface area contributed by atoms with Crippen LogP contribution in [-0.4, -0.2) is 30.9 Å². The van der Waals surface area contributed by atoms with Gasteiger partial charge in [0, 0.05) is 0 Å². The molecule has 0 aromatic heterocycles. The Balaban J connectivity index is 1.47. The van der Waals surface area contributed by atoms with E-state index < -0.39 is 15.6 Å². The highest BCUT2D eigenvalue weighted by Gasteiger charge is 2.68. The zero-order valence-electron chi connectivity index (χ0n) is 16.1. The molecule has 1 aliphatic carbocycles. The summed E-state index contributed by atoms with van der Waals surface area (Å²) in [6, 6.07) is 17.0. The molecule has 1 heterocycles. The van der Waals surface area contributed by atoms with Gasteiger partial charge in [-0.05, 0) is 37.5 Å². The summed E-state index contributed by atoms with van der Waals surface area (Å²) in [5, 5.41) is 0. The fourth-order valence-electron chi connectivity index (χ4n) is 4.12. The Morgan fingerprint density at radius 3 is 2.61 bits per heavy atom. The normalized spacial score (nSPS) is 26.0. The lowest BCUT2D eigenvalue weighted by molar-refractivity contribution is 0.153. The third-order valence-corrected chi connectivity index (χ3v) is 7.58. The number of ether oxygens (including phenoxy) is 1. The molecule has 3 atom stereocenters. The van der Waals surface area contributed by atoms with E-state index in [4.69, 9.17) is 4.74 Å². The Morgan fingerprint density at radius 2 is 1.86 bits per heavy atom. The van der Waals surface area contributed by atoms with Crippen LogP contribution in [0.2, 0.25) is 0 Å². The minimum absolute atomic E-state index is 0.00539. The van der Waals surface area contributed by atoms with Gasteiger partial charge in [-0.25, -0.2) is 8.42 Å². The average Bonchev–Trinajstić information content (AvgIpc) is 3.39. The van der Waals surface area contributed by atoms with Crippen LogP contribution in [0.15, 0.2) is 59.5 Å². The molecule has 0 N–H and O–H groups in total. The van der Waals surface area contributed by atoms with Crippen LogP contribution in [0.4, 0.5) is 0 Å². The predicted molar refractivity (Wildman–Crippen MR) is 109 cm³/mol. The molecule has 1 saturated carbocycles.